The summed E-state index contributed by atoms with van der Waals surface area (Å²) in [7, 11) is 0. The highest BCUT2D eigenvalue weighted by molar-refractivity contribution is 5.56. The minimum absolute atomic E-state index is 0.180. The second-order valence-corrected chi connectivity index (χ2v) is 3.16. The first-order valence-corrected chi connectivity index (χ1v) is 4.75. The molecule has 0 heterocycles. The van der Waals surface area contributed by atoms with Crippen molar-refractivity contribution in [3.8, 4) is 11.5 Å². The highest BCUT2D eigenvalue weighted by atomic mass is 19.4. The molecule has 7 heteroatoms. The zero-order valence-electron chi connectivity index (χ0n) is 8.97. The number of nitrogens with two attached hydrogens (primary N) is 1. The Labute approximate surface area is 95.1 Å². The fraction of sp³-hybridized carbons (Fsp3) is 0.400. The molecule has 1 aromatic carbocycles. The van der Waals surface area contributed by atoms with Crippen LogP contribution in [0.15, 0.2) is 12.1 Å². The summed E-state index contributed by atoms with van der Waals surface area (Å²) < 4.78 is 58.3. The molecule has 96 valence electrons. The highest BCUT2D eigenvalue weighted by Crippen LogP contribution is 2.31. The molecule has 0 aliphatic rings. The molecule has 0 amide bonds. The summed E-state index contributed by atoms with van der Waals surface area (Å²) in [6.07, 6.45) is -4.48. The van der Waals surface area contributed by atoms with E-state index in [9.17, 15) is 17.6 Å². The number of rotatable bonds is 4. The van der Waals surface area contributed by atoms with Crippen LogP contribution in [0.1, 0.15) is 6.92 Å². The van der Waals surface area contributed by atoms with E-state index in [2.05, 4.69) is 4.74 Å². The summed E-state index contributed by atoms with van der Waals surface area (Å²) in [5.41, 5.74) is 5.12. The van der Waals surface area contributed by atoms with Crippen LogP contribution in [0, 0.1) is 5.82 Å². The lowest BCUT2D eigenvalue weighted by Crippen LogP contribution is -2.19. The van der Waals surface area contributed by atoms with Crippen molar-refractivity contribution >= 4 is 5.69 Å². The first kappa shape index (κ1) is 13.4. The molecule has 0 fully saturated rings. The number of benzene rings is 1. The van der Waals surface area contributed by atoms with Crippen LogP contribution in [0.4, 0.5) is 23.2 Å². The smallest absolute Gasteiger partial charge is 0.422 e. The number of hydrogen-bond donors (Lipinski definition) is 1. The molecule has 1 rings (SSSR count). The average Bonchev–Trinajstić information content (AvgIpc) is 2.19. The molecule has 3 nitrogen and oxygen atoms in total. The summed E-state index contributed by atoms with van der Waals surface area (Å²) in [5.74, 6) is -1.20. The molecule has 2 N–H and O–H groups in total. The first-order chi connectivity index (χ1) is 7.83. The van der Waals surface area contributed by atoms with Crippen molar-refractivity contribution in [2.24, 2.45) is 0 Å². The van der Waals surface area contributed by atoms with Gasteiger partial charge in [-0.05, 0) is 6.92 Å². The van der Waals surface area contributed by atoms with Gasteiger partial charge in [-0.2, -0.15) is 13.2 Å². The number of ether oxygens (including phenoxy) is 2. The fourth-order valence-electron chi connectivity index (χ4n) is 1.10. The van der Waals surface area contributed by atoms with Crippen LogP contribution < -0.4 is 15.2 Å². The van der Waals surface area contributed by atoms with Gasteiger partial charge in [0.2, 0.25) is 0 Å². The van der Waals surface area contributed by atoms with Gasteiger partial charge in [0.1, 0.15) is 5.75 Å². The van der Waals surface area contributed by atoms with Gasteiger partial charge >= 0.3 is 6.18 Å². The minimum Gasteiger partial charge on any atom is -0.491 e. The quantitative estimate of drug-likeness (QED) is 0.662. The largest absolute Gasteiger partial charge is 0.491 e. The lowest BCUT2D eigenvalue weighted by molar-refractivity contribution is -0.153. The van der Waals surface area contributed by atoms with Crippen LogP contribution in [-0.2, 0) is 0 Å². The highest BCUT2D eigenvalue weighted by Gasteiger charge is 2.29. The van der Waals surface area contributed by atoms with Gasteiger partial charge in [-0.15, -0.1) is 0 Å². The topological polar surface area (TPSA) is 44.5 Å². The Morgan fingerprint density at radius 1 is 1.18 bits per heavy atom. The third-order valence-corrected chi connectivity index (χ3v) is 1.76. The summed E-state index contributed by atoms with van der Waals surface area (Å²) in [6.45, 7) is 0.306. The Kier molecular flexibility index (Phi) is 4.03. The zero-order chi connectivity index (χ0) is 13.1. The van der Waals surface area contributed by atoms with Crippen molar-refractivity contribution in [2.75, 3.05) is 18.9 Å². The van der Waals surface area contributed by atoms with E-state index in [1.165, 1.54) is 0 Å². The summed E-state index contributed by atoms with van der Waals surface area (Å²) in [6, 6.07) is 1.86. The predicted molar refractivity (Wildman–Crippen MR) is 53.5 cm³/mol. The van der Waals surface area contributed by atoms with E-state index in [0.717, 1.165) is 12.1 Å². The molecule has 0 aliphatic heterocycles. The van der Waals surface area contributed by atoms with E-state index in [4.69, 9.17) is 10.5 Å². The Balaban J connectivity index is 2.88. The van der Waals surface area contributed by atoms with Crippen LogP contribution in [-0.4, -0.2) is 19.4 Å². The molecule has 17 heavy (non-hydrogen) atoms. The third kappa shape index (κ3) is 4.01. The maximum absolute atomic E-state index is 13.2. The molecular formula is C10H11F4NO2. The Morgan fingerprint density at radius 3 is 2.35 bits per heavy atom. The maximum Gasteiger partial charge on any atom is 0.422 e. The normalized spacial score (nSPS) is 11.4. The van der Waals surface area contributed by atoms with E-state index < -0.39 is 18.6 Å². The number of halogens is 4. The molecule has 0 aliphatic carbocycles. The van der Waals surface area contributed by atoms with E-state index in [0.29, 0.717) is 0 Å². The lowest BCUT2D eigenvalue weighted by Gasteiger charge is -2.13. The van der Waals surface area contributed by atoms with E-state index in [1.807, 2.05) is 0 Å². The molecule has 1 aromatic rings. The van der Waals surface area contributed by atoms with Crippen LogP contribution in [0.5, 0.6) is 11.5 Å². The lowest BCUT2D eigenvalue weighted by atomic mass is 10.2. The maximum atomic E-state index is 13.2. The average molecular weight is 253 g/mol. The fourth-order valence-corrected chi connectivity index (χ4v) is 1.10. The summed E-state index contributed by atoms with van der Waals surface area (Å²) >= 11 is 0. The summed E-state index contributed by atoms with van der Waals surface area (Å²) in [4.78, 5) is 0. The molecular weight excluding hydrogens is 242 g/mol. The SMILES string of the molecule is CCOc1cc(OCC(F)(F)F)c(N)cc1F. The molecule has 0 atom stereocenters. The van der Waals surface area contributed by atoms with Crippen LogP contribution in [0.3, 0.4) is 0 Å². The van der Waals surface area contributed by atoms with Crippen molar-refractivity contribution in [1.29, 1.82) is 0 Å². The van der Waals surface area contributed by atoms with E-state index in [-0.39, 0.29) is 23.8 Å². The number of alkyl halides is 3. The summed E-state index contributed by atoms with van der Waals surface area (Å²) in [5, 5.41) is 0. The third-order valence-electron chi connectivity index (χ3n) is 1.76. The van der Waals surface area contributed by atoms with Crippen molar-refractivity contribution in [3.05, 3.63) is 17.9 Å². The van der Waals surface area contributed by atoms with Crippen molar-refractivity contribution in [2.45, 2.75) is 13.1 Å². The minimum atomic E-state index is -4.48. The molecule has 0 radical (unpaired) electrons. The van der Waals surface area contributed by atoms with Crippen LogP contribution in [0.25, 0.3) is 0 Å². The van der Waals surface area contributed by atoms with Gasteiger partial charge in [-0.25, -0.2) is 4.39 Å². The molecule has 0 spiro atoms. The zero-order valence-corrected chi connectivity index (χ0v) is 8.97. The van der Waals surface area contributed by atoms with Gasteiger partial charge in [0.15, 0.2) is 18.2 Å². The molecule has 0 bridgehead atoms. The van der Waals surface area contributed by atoms with Crippen molar-refractivity contribution in [1.82, 2.24) is 0 Å². The number of hydrogen-bond acceptors (Lipinski definition) is 3. The Bertz CT molecular complexity index is 393. The van der Waals surface area contributed by atoms with Crippen molar-refractivity contribution < 1.29 is 27.0 Å². The molecule has 0 saturated heterocycles. The molecule has 0 unspecified atom stereocenters. The first-order valence-electron chi connectivity index (χ1n) is 4.75. The molecule has 0 aromatic heterocycles. The predicted octanol–water partition coefficient (Wildman–Crippen LogP) is 2.75. The second-order valence-electron chi connectivity index (χ2n) is 3.16. The number of nitrogen functional groups attached to an aromatic ring is 1. The van der Waals surface area contributed by atoms with Gasteiger partial charge in [-0.3, -0.25) is 0 Å². The van der Waals surface area contributed by atoms with E-state index in [1.54, 1.807) is 6.92 Å². The van der Waals surface area contributed by atoms with Crippen LogP contribution >= 0.6 is 0 Å². The van der Waals surface area contributed by atoms with Gasteiger partial charge in [-0.1, -0.05) is 0 Å². The second kappa shape index (κ2) is 5.11. The van der Waals surface area contributed by atoms with E-state index >= 15 is 0 Å². The number of anilines is 1. The van der Waals surface area contributed by atoms with Gasteiger partial charge in [0.25, 0.3) is 0 Å². The standard InChI is InChI=1S/C10H11F4NO2/c1-2-16-8-4-9(7(15)3-6(8)11)17-5-10(12,13)14/h3-4H,2,5,15H2,1H3. The van der Waals surface area contributed by atoms with Gasteiger partial charge < -0.3 is 15.2 Å². The van der Waals surface area contributed by atoms with Gasteiger partial charge in [0.05, 0.1) is 12.3 Å². The Morgan fingerprint density at radius 2 is 1.82 bits per heavy atom. The molecule has 0 saturated carbocycles. The van der Waals surface area contributed by atoms with Crippen LogP contribution in [0.2, 0.25) is 0 Å². The van der Waals surface area contributed by atoms with Crippen molar-refractivity contribution in [3.63, 3.8) is 0 Å². The van der Waals surface area contributed by atoms with Gasteiger partial charge in [0, 0.05) is 12.1 Å². The Hall–Kier alpha value is -1.66. The monoisotopic (exact) mass is 253 g/mol.